The van der Waals surface area contributed by atoms with E-state index < -0.39 is 22.9 Å². The van der Waals surface area contributed by atoms with Gasteiger partial charge in [-0.2, -0.15) is 0 Å². The summed E-state index contributed by atoms with van der Waals surface area (Å²) in [6.45, 7) is 3.63. The summed E-state index contributed by atoms with van der Waals surface area (Å²) in [7, 11) is 0. The normalized spacial score (nSPS) is 11.5. The highest BCUT2D eigenvalue weighted by Gasteiger charge is 2.20. The van der Waals surface area contributed by atoms with Gasteiger partial charge in [0.25, 0.3) is 11.6 Å². The Morgan fingerprint density at radius 1 is 1.40 bits per heavy atom. The van der Waals surface area contributed by atoms with Gasteiger partial charge in [-0.1, -0.05) is 18.2 Å². The Morgan fingerprint density at radius 3 is 2.65 bits per heavy atom. The number of amides is 1. The summed E-state index contributed by atoms with van der Waals surface area (Å²) in [6.07, 6.45) is -1.17. The molecule has 0 saturated heterocycles. The quantitative estimate of drug-likeness (QED) is 0.479. The number of nitrogens with one attached hydrogen (secondary N) is 1. The topological polar surface area (TPSA) is 98.5 Å². The third kappa shape index (κ3) is 4.34. The molecular weight excluding hydrogens is 264 g/mol. The van der Waals surface area contributed by atoms with Crippen molar-refractivity contribution in [1.29, 1.82) is 0 Å². The van der Waals surface area contributed by atoms with E-state index in [1.54, 1.807) is 13.0 Å². The van der Waals surface area contributed by atoms with Crippen LogP contribution >= 0.6 is 0 Å². The van der Waals surface area contributed by atoms with Crippen LogP contribution in [0.4, 0.5) is 5.69 Å². The van der Waals surface area contributed by atoms with E-state index in [1.807, 2.05) is 0 Å². The smallest absolute Gasteiger partial charge is 0.311 e. The Hall–Kier alpha value is -2.44. The standard InChI is InChI=1S/C13H16N2O5/c1-3-14-13(17)9(2)20-12(16)8-10-6-4-5-7-11(10)15(18)19/h4-7,9H,3,8H2,1-2H3,(H,14,17)/t9-/m1/s1. The molecule has 0 fully saturated rings. The molecule has 0 saturated carbocycles. The molecule has 0 bridgehead atoms. The van der Waals surface area contributed by atoms with Crippen molar-refractivity contribution in [2.24, 2.45) is 0 Å². The van der Waals surface area contributed by atoms with Gasteiger partial charge in [0.15, 0.2) is 6.10 Å². The van der Waals surface area contributed by atoms with Gasteiger partial charge in [0.05, 0.1) is 11.3 Å². The first-order chi connectivity index (χ1) is 9.45. The van der Waals surface area contributed by atoms with Crippen molar-refractivity contribution in [3.63, 3.8) is 0 Å². The number of hydrogen-bond acceptors (Lipinski definition) is 5. The molecule has 7 heteroatoms. The maximum Gasteiger partial charge on any atom is 0.311 e. The number of ether oxygens (including phenoxy) is 1. The first-order valence-electron chi connectivity index (χ1n) is 6.15. The van der Waals surface area contributed by atoms with E-state index in [9.17, 15) is 19.7 Å². The maximum absolute atomic E-state index is 11.7. The van der Waals surface area contributed by atoms with E-state index in [2.05, 4.69) is 5.32 Å². The van der Waals surface area contributed by atoms with Crippen LogP contribution < -0.4 is 5.32 Å². The van der Waals surface area contributed by atoms with Crippen molar-refractivity contribution in [2.75, 3.05) is 6.54 Å². The van der Waals surface area contributed by atoms with Gasteiger partial charge in [-0.25, -0.2) is 0 Å². The van der Waals surface area contributed by atoms with E-state index in [-0.39, 0.29) is 17.7 Å². The number of carbonyl (C=O) groups is 2. The molecule has 0 aliphatic carbocycles. The van der Waals surface area contributed by atoms with Crippen LogP contribution in [0, 0.1) is 10.1 Å². The molecule has 0 aliphatic rings. The first kappa shape index (κ1) is 15.6. The predicted octanol–water partition coefficient (Wildman–Crippen LogP) is 1.21. The number of para-hydroxylation sites is 1. The van der Waals surface area contributed by atoms with Gasteiger partial charge in [-0.15, -0.1) is 0 Å². The molecule has 0 aromatic heterocycles. The second kappa shape index (κ2) is 7.22. The molecule has 108 valence electrons. The van der Waals surface area contributed by atoms with E-state index in [1.165, 1.54) is 25.1 Å². The summed E-state index contributed by atoms with van der Waals surface area (Å²) in [5.74, 6) is -1.08. The molecule has 0 radical (unpaired) electrons. The van der Waals surface area contributed by atoms with Crippen LogP contribution in [-0.2, 0) is 20.7 Å². The number of nitrogens with zero attached hydrogens (tertiary/aromatic N) is 1. The predicted molar refractivity (Wildman–Crippen MR) is 71.0 cm³/mol. The van der Waals surface area contributed by atoms with Gasteiger partial charge in [0.1, 0.15) is 0 Å². The molecule has 0 aliphatic heterocycles. The lowest BCUT2D eigenvalue weighted by molar-refractivity contribution is -0.385. The molecule has 0 spiro atoms. The monoisotopic (exact) mass is 280 g/mol. The number of hydrogen-bond donors (Lipinski definition) is 1. The Morgan fingerprint density at radius 2 is 2.05 bits per heavy atom. The number of esters is 1. The highest BCUT2D eigenvalue weighted by atomic mass is 16.6. The summed E-state index contributed by atoms with van der Waals surface area (Å²) in [4.78, 5) is 33.3. The third-order valence-electron chi connectivity index (χ3n) is 2.55. The molecule has 1 N–H and O–H groups in total. The van der Waals surface area contributed by atoms with Gasteiger partial charge >= 0.3 is 5.97 Å². The van der Waals surface area contributed by atoms with Crippen molar-refractivity contribution >= 4 is 17.6 Å². The summed E-state index contributed by atoms with van der Waals surface area (Å²) >= 11 is 0. The minimum Gasteiger partial charge on any atom is -0.452 e. The van der Waals surface area contributed by atoms with Gasteiger partial charge < -0.3 is 10.1 Å². The zero-order chi connectivity index (χ0) is 15.1. The molecule has 1 rings (SSSR count). The minimum atomic E-state index is -0.926. The average Bonchev–Trinajstić information content (AvgIpc) is 2.39. The number of benzene rings is 1. The second-order valence-corrected chi connectivity index (χ2v) is 4.09. The molecule has 1 atom stereocenters. The zero-order valence-electron chi connectivity index (χ0n) is 11.3. The van der Waals surface area contributed by atoms with Crippen LogP contribution in [0.2, 0.25) is 0 Å². The molecule has 0 unspecified atom stereocenters. The maximum atomic E-state index is 11.7. The SMILES string of the molecule is CCNC(=O)[C@@H](C)OC(=O)Cc1ccccc1[N+](=O)[O-]. The van der Waals surface area contributed by atoms with Gasteiger partial charge in [-0.05, 0) is 13.8 Å². The Kier molecular flexibility index (Phi) is 5.64. The van der Waals surface area contributed by atoms with Crippen molar-refractivity contribution < 1.29 is 19.2 Å². The summed E-state index contributed by atoms with van der Waals surface area (Å²) in [5, 5.41) is 13.3. The van der Waals surface area contributed by atoms with Gasteiger partial charge in [-0.3, -0.25) is 19.7 Å². The van der Waals surface area contributed by atoms with Crippen molar-refractivity contribution in [3.8, 4) is 0 Å². The van der Waals surface area contributed by atoms with Crippen LogP contribution in [0.1, 0.15) is 19.4 Å². The summed E-state index contributed by atoms with van der Waals surface area (Å²) in [5.41, 5.74) is 0.112. The zero-order valence-corrected chi connectivity index (χ0v) is 11.3. The van der Waals surface area contributed by atoms with Crippen molar-refractivity contribution in [2.45, 2.75) is 26.4 Å². The highest BCUT2D eigenvalue weighted by Crippen LogP contribution is 2.18. The van der Waals surface area contributed by atoms with Gasteiger partial charge in [0.2, 0.25) is 0 Å². The number of rotatable bonds is 6. The third-order valence-corrected chi connectivity index (χ3v) is 2.55. The van der Waals surface area contributed by atoms with E-state index in [4.69, 9.17) is 4.74 Å². The Balaban J connectivity index is 2.68. The lowest BCUT2D eigenvalue weighted by Gasteiger charge is -2.12. The molecular formula is C13H16N2O5. The largest absolute Gasteiger partial charge is 0.452 e. The molecule has 0 heterocycles. The van der Waals surface area contributed by atoms with E-state index in [0.29, 0.717) is 6.54 Å². The number of nitro groups is 1. The van der Waals surface area contributed by atoms with Crippen molar-refractivity contribution in [3.05, 3.63) is 39.9 Å². The number of likely N-dealkylation sites (N-methyl/N-ethyl adjacent to an activating group) is 1. The Bertz CT molecular complexity index is 515. The van der Waals surface area contributed by atoms with Crippen molar-refractivity contribution in [1.82, 2.24) is 5.32 Å². The van der Waals surface area contributed by atoms with Crippen LogP contribution in [0.5, 0.6) is 0 Å². The fraction of sp³-hybridized carbons (Fsp3) is 0.385. The molecule has 7 nitrogen and oxygen atoms in total. The summed E-state index contributed by atoms with van der Waals surface area (Å²) in [6, 6.07) is 5.92. The summed E-state index contributed by atoms with van der Waals surface area (Å²) < 4.78 is 4.93. The molecule has 1 aromatic carbocycles. The lowest BCUT2D eigenvalue weighted by Crippen LogP contribution is -2.35. The highest BCUT2D eigenvalue weighted by molar-refractivity contribution is 5.84. The fourth-order valence-electron chi connectivity index (χ4n) is 1.60. The molecule has 1 aromatic rings. The van der Waals surface area contributed by atoms with Crippen LogP contribution in [-0.4, -0.2) is 29.4 Å². The number of carbonyl (C=O) groups excluding carboxylic acids is 2. The number of nitro benzene ring substituents is 1. The second-order valence-electron chi connectivity index (χ2n) is 4.09. The fourth-order valence-corrected chi connectivity index (χ4v) is 1.60. The van der Waals surface area contributed by atoms with E-state index in [0.717, 1.165) is 0 Å². The van der Waals surface area contributed by atoms with Crippen LogP contribution in [0.3, 0.4) is 0 Å². The lowest BCUT2D eigenvalue weighted by atomic mass is 10.1. The van der Waals surface area contributed by atoms with Crippen LogP contribution in [0.15, 0.2) is 24.3 Å². The average molecular weight is 280 g/mol. The molecule has 20 heavy (non-hydrogen) atoms. The minimum absolute atomic E-state index is 0.143. The molecule has 1 amide bonds. The van der Waals surface area contributed by atoms with E-state index >= 15 is 0 Å². The first-order valence-corrected chi connectivity index (χ1v) is 6.15. The van der Waals surface area contributed by atoms with Gasteiger partial charge in [0, 0.05) is 18.2 Å². The van der Waals surface area contributed by atoms with Crippen LogP contribution in [0.25, 0.3) is 0 Å². The Labute approximate surface area is 116 Å².